The molecule has 0 bridgehead atoms. The fourth-order valence-corrected chi connectivity index (χ4v) is 2.48. The van der Waals surface area contributed by atoms with E-state index in [0.29, 0.717) is 17.7 Å². The van der Waals surface area contributed by atoms with Crippen molar-refractivity contribution >= 4 is 17.7 Å². The van der Waals surface area contributed by atoms with E-state index in [1.54, 1.807) is 31.2 Å². The summed E-state index contributed by atoms with van der Waals surface area (Å²) in [7, 11) is 0. The van der Waals surface area contributed by atoms with Crippen molar-refractivity contribution in [1.29, 1.82) is 0 Å². The highest BCUT2D eigenvalue weighted by Gasteiger charge is 2.41. The quantitative estimate of drug-likeness (QED) is 0.802. The highest BCUT2D eigenvalue weighted by molar-refractivity contribution is 6.22. The topological polar surface area (TPSA) is 77.9 Å². The molecule has 0 saturated heterocycles. The zero-order valence-electron chi connectivity index (χ0n) is 12.1. The Morgan fingerprint density at radius 3 is 2.19 bits per heavy atom. The van der Waals surface area contributed by atoms with Crippen LogP contribution in [-0.2, 0) is 4.79 Å². The minimum absolute atomic E-state index is 0.158. The predicted molar refractivity (Wildman–Crippen MR) is 75.7 cm³/mol. The molecule has 21 heavy (non-hydrogen) atoms. The molecular weight excluding hydrogens is 272 g/mol. The Labute approximate surface area is 123 Å². The molecule has 6 heteroatoms. The summed E-state index contributed by atoms with van der Waals surface area (Å²) < 4.78 is 0. The Morgan fingerprint density at radius 2 is 1.76 bits per heavy atom. The third-order valence-corrected chi connectivity index (χ3v) is 3.63. The molecule has 1 aliphatic heterocycles. The van der Waals surface area contributed by atoms with E-state index < -0.39 is 17.9 Å². The lowest BCUT2D eigenvalue weighted by molar-refractivity contribution is -0.135. The number of imide groups is 1. The Kier molecular flexibility index (Phi) is 4.37. The molecule has 0 radical (unpaired) electrons. The Balaban J connectivity index is 2.25. The van der Waals surface area contributed by atoms with Gasteiger partial charge in [-0.15, -0.1) is 0 Å². The highest BCUT2D eigenvalue weighted by atomic mass is 16.3. The molecule has 6 nitrogen and oxygen atoms in total. The standard InChI is InChI=1S/C15H18N2O4/c1-3-16(8-9-18)13(19)10(2)17-14(20)11-6-4-5-7-12(11)15(17)21/h4-7,10,18H,3,8-9H2,1-2H3. The first-order valence-corrected chi connectivity index (χ1v) is 6.89. The van der Waals surface area contributed by atoms with Crippen LogP contribution >= 0.6 is 0 Å². The van der Waals surface area contributed by atoms with Crippen molar-refractivity contribution in [3.8, 4) is 0 Å². The molecule has 1 aromatic carbocycles. The third-order valence-electron chi connectivity index (χ3n) is 3.63. The largest absolute Gasteiger partial charge is 0.395 e. The van der Waals surface area contributed by atoms with Crippen molar-refractivity contribution in [2.45, 2.75) is 19.9 Å². The number of likely N-dealkylation sites (N-methyl/N-ethyl adjacent to an activating group) is 1. The third kappa shape index (κ3) is 2.54. The first-order chi connectivity index (χ1) is 10.0. The van der Waals surface area contributed by atoms with Gasteiger partial charge in [0.2, 0.25) is 5.91 Å². The van der Waals surface area contributed by atoms with Crippen LogP contribution in [0.15, 0.2) is 24.3 Å². The molecule has 0 aromatic heterocycles. The maximum Gasteiger partial charge on any atom is 0.262 e. The summed E-state index contributed by atoms with van der Waals surface area (Å²) in [5.41, 5.74) is 0.653. The van der Waals surface area contributed by atoms with Crippen LogP contribution in [0.4, 0.5) is 0 Å². The molecule has 1 atom stereocenters. The summed E-state index contributed by atoms with van der Waals surface area (Å²) >= 11 is 0. The van der Waals surface area contributed by atoms with Crippen molar-refractivity contribution in [2.24, 2.45) is 0 Å². The molecule has 0 spiro atoms. The van der Waals surface area contributed by atoms with E-state index in [9.17, 15) is 14.4 Å². The number of nitrogens with zero attached hydrogens (tertiary/aromatic N) is 2. The number of aliphatic hydroxyl groups excluding tert-OH is 1. The molecular formula is C15H18N2O4. The van der Waals surface area contributed by atoms with Crippen LogP contribution in [0.3, 0.4) is 0 Å². The van der Waals surface area contributed by atoms with Gasteiger partial charge in [0, 0.05) is 13.1 Å². The number of fused-ring (bicyclic) bond motifs is 1. The molecule has 1 aliphatic rings. The second-order valence-electron chi connectivity index (χ2n) is 4.84. The van der Waals surface area contributed by atoms with E-state index in [4.69, 9.17) is 5.11 Å². The minimum Gasteiger partial charge on any atom is -0.395 e. The van der Waals surface area contributed by atoms with E-state index in [1.807, 2.05) is 0 Å². The maximum atomic E-state index is 12.4. The number of hydrogen-bond acceptors (Lipinski definition) is 4. The van der Waals surface area contributed by atoms with E-state index in [-0.39, 0.29) is 19.1 Å². The van der Waals surface area contributed by atoms with E-state index in [2.05, 4.69) is 0 Å². The van der Waals surface area contributed by atoms with Crippen LogP contribution in [0, 0.1) is 0 Å². The molecule has 0 aliphatic carbocycles. The monoisotopic (exact) mass is 290 g/mol. The van der Waals surface area contributed by atoms with Gasteiger partial charge in [-0.2, -0.15) is 0 Å². The normalized spacial score (nSPS) is 15.1. The summed E-state index contributed by atoms with van der Waals surface area (Å²) in [4.78, 5) is 39.4. The lowest BCUT2D eigenvalue weighted by Crippen LogP contribution is -2.50. The number of aliphatic hydroxyl groups is 1. The number of hydrogen-bond donors (Lipinski definition) is 1. The summed E-state index contributed by atoms with van der Waals surface area (Å²) in [6, 6.07) is 5.65. The van der Waals surface area contributed by atoms with Gasteiger partial charge in [-0.05, 0) is 26.0 Å². The van der Waals surface area contributed by atoms with Crippen LogP contribution < -0.4 is 0 Å². The van der Waals surface area contributed by atoms with Gasteiger partial charge in [-0.1, -0.05) is 12.1 Å². The van der Waals surface area contributed by atoms with Crippen LogP contribution in [0.25, 0.3) is 0 Å². The summed E-state index contributed by atoms with van der Waals surface area (Å²) in [6.45, 7) is 3.75. The van der Waals surface area contributed by atoms with Gasteiger partial charge < -0.3 is 10.0 Å². The Hall–Kier alpha value is -2.21. The lowest BCUT2D eigenvalue weighted by atomic mass is 10.1. The van der Waals surface area contributed by atoms with Crippen molar-refractivity contribution in [2.75, 3.05) is 19.7 Å². The van der Waals surface area contributed by atoms with Gasteiger partial charge in [-0.3, -0.25) is 19.3 Å². The summed E-state index contributed by atoms with van der Waals surface area (Å²) in [6.07, 6.45) is 0. The van der Waals surface area contributed by atoms with E-state index in [0.717, 1.165) is 4.90 Å². The molecule has 1 N–H and O–H groups in total. The Morgan fingerprint density at radius 1 is 1.24 bits per heavy atom. The molecule has 2 rings (SSSR count). The van der Waals surface area contributed by atoms with Crippen molar-refractivity contribution in [3.05, 3.63) is 35.4 Å². The zero-order valence-corrected chi connectivity index (χ0v) is 12.1. The second kappa shape index (κ2) is 6.05. The van der Waals surface area contributed by atoms with E-state index >= 15 is 0 Å². The second-order valence-corrected chi connectivity index (χ2v) is 4.84. The highest BCUT2D eigenvalue weighted by Crippen LogP contribution is 2.24. The number of benzene rings is 1. The molecule has 1 unspecified atom stereocenters. The molecule has 3 amide bonds. The lowest BCUT2D eigenvalue weighted by Gasteiger charge is -2.28. The molecule has 0 fully saturated rings. The number of amides is 3. The van der Waals surface area contributed by atoms with Crippen LogP contribution in [-0.4, -0.2) is 58.4 Å². The smallest absolute Gasteiger partial charge is 0.262 e. The first-order valence-electron chi connectivity index (χ1n) is 6.89. The average molecular weight is 290 g/mol. The summed E-state index contributed by atoms with van der Waals surface area (Å²) in [5, 5.41) is 8.97. The molecule has 1 heterocycles. The van der Waals surface area contributed by atoms with E-state index in [1.165, 1.54) is 11.8 Å². The van der Waals surface area contributed by atoms with Gasteiger partial charge in [0.05, 0.1) is 17.7 Å². The predicted octanol–water partition coefficient (Wildman–Crippen LogP) is 0.512. The fraction of sp³-hybridized carbons (Fsp3) is 0.400. The summed E-state index contributed by atoms with van der Waals surface area (Å²) in [5.74, 6) is -1.24. The number of carbonyl (C=O) groups excluding carboxylic acids is 3. The SMILES string of the molecule is CCN(CCO)C(=O)C(C)N1C(=O)c2ccccc2C1=O. The number of carbonyl (C=O) groups is 3. The van der Waals surface area contributed by atoms with Crippen molar-refractivity contribution < 1.29 is 19.5 Å². The van der Waals surface area contributed by atoms with Gasteiger partial charge in [-0.25, -0.2) is 0 Å². The average Bonchev–Trinajstić information content (AvgIpc) is 2.75. The van der Waals surface area contributed by atoms with Gasteiger partial charge in [0.1, 0.15) is 6.04 Å². The van der Waals surface area contributed by atoms with Gasteiger partial charge in [0.25, 0.3) is 11.8 Å². The van der Waals surface area contributed by atoms with Crippen LogP contribution in [0.5, 0.6) is 0 Å². The maximum absolute atomic E-state index is 12.4. The number of rotatable bonds is 5. The molecule has 1 aromatic rings. The van der Waals surface area contributed by atoms with Crippen molar-refractivity contribution in [3.63, 3.8) is 0 Å². The fourth-order valence-electron chi connectivity index (χ4n) is 2.48. The first kappa shape index (κ1) is 15.2. The van der Waals surface area contributed by atoms with Gasteiger partial charge >= 0.3 is 0 Å². The molecule has 0 saturated carbocycles. The minimum atomic E-state index is -0.885. The Bertz CT molecular complexity index is 550. The van der Waals surface area contributed by atoms with Crippen LogP contribution in [0.1, 0.15) is 34.6 Å². The van der Waals surface area contributed by atoms with Crippen molar-refractivity contribution in [1.82, 2.24) is 9.80 Å². The zero-order chi connectivity index (χ0) is 15.6. The van der Waals surface area contributed by atoms with Gasteiger partial charge in [0.15, 0.2) is 0 Å². The van der Waals surface area contributed by atoms with Crippen LogP contribution in [0.2, 0.25) is 0 Å². The molecule has 112 valence electrons.